The van der Waals surface area contributed by atoms with E-state index >= 15 is 0 Å². The summed E-state index contributed by atoms with van der Waals surface area (Å²) in [7, 11) is 9.48. The molecule has 0 bridgehead atoms. The van der Waals surface area contributed by atoms with Gasteiger partial charge in [-0.2, -0.15) is 0 Å². The molecule has 1 unspecified atom stereocenters. The minimum absolute atomic E-state index is 0.213. The molecule has 0 spiro atoms. The van der Waals surface area contributed by atoms with Crippen molar-refractivity contribution in [3.63, 3.8) is 0 Å². The third kappa shape index (κ3) is 15.3. The van der Waals surface area contributed by atoms with Gasteiger partial charge in [0.15, 0.2) is 58.9 Å². The average Bonchev–Trinajstić information content (AvgIpc) is 1.56. The van der Waals surface area contributed by atoms with Crippen LogP contribution >= 0.6 is 0 Å². The quantitative estimate of drug-likeness (QED) is 0.141. The van der Waals surface area contributed by atoms with Crippen molar-refractivity contribution in [2.45, 2.75) is 150 Å². The lowest BCUT2D eigenvalue weighted by Crippen LogP contribution is -2.31. The Labute approximate surface area is 735 Å². The molecular weight excluding hydrogens is 1510 g/mol. The number of benzene rings is 5. The van der Waals surface area contributed by atoms with Crippen LogP contribution in [-0.2, 0) is 35.2 Å². The molecule has 15 nitrogen and oxygen atoms in total. The van der Waals surface area contributed by atoms with E-state index in [1.165, 1.54) is 34.7 Å². The van der Waals surface area contributed by atoms with Gasteiger partial charge in [-0.1, -0.05) is 76.2 Å². The van der Waals surface area contributed by atoms with Crippen molar-refractivity contribution in [2.24, 2.45) is 35.2 Å². The largest absolute Gasteiger partial charge is 0.437 e. The van der Waals surface area contributed by atoms with Gasteiger partial charge in [-0.05, 0) is 251 Å². The van der Waals surface area contributed by atoms with Gasteiger partial charge in [-0.25, -0.2) is 47.8 Å². The molecule has 0 radical (unpaired) electrons. The highest BCUT2D eigenvalue weighted by atomic mass is 16.4. The summed E-state index contributed by atoms with van der Waals surface area (Å²) in [6.07, 6.45) is 8.86. The van der Waals surface area contributed by atoms with E-state index in [1.54, 1.807) is 72.8 Å². The Bertz CT molecular complexity index is 8310. The van der Waals surface area contributed by atoms with Gasteiger partial charge in [0.2, 0.25) is 57.0 Å². The second-order valence-electron chi connectivity index (χ2n) is 32.7. The predicted molar refractivity (Wildman–Crippen MR) is 495 cm³/mol. The molecule has 0 saturated heterocycles. The highest BCUT2D eigenvalue weighted by Crippen LogP contribution is 2.44. The van der Waals surface area contributed by atoms with E-state index in [0.717, 1.165) is 161 Å². The van der Waals surface area contributed by atoms with Gasteiger partial charge >= 0.3 is 0 Å². The first-order valence-corrected chi connectivity index (χ1v) is 40.7. The minimum atomic E-state index is -2.44. The lowest BCUT2D eigenvalue weighted by atomic mass is 9.95. The van der Waals surface area contributed by atoms with Gasteiger partial charge in [0, 0.05) is 163 Å². The summed E-state index contributed by atoms with van der Waals surface area (Å²) in [4.78, 5) is 22.6. The molecule has 122 heavy (non-hydrogen) atoms. The van der Waals surface area contributed by atoms with Crippen LogP contribution < -0.4 is 22.8 Å². The molecule has 15 aromatic heterocycles. The molecule has 0 N–H and O–H groups in total. The van der Waals surface area contributed by atoms with Gasteiger partial charge in [-0.3, -0.25) is 0 Å². The summed E-state index contributed by atoms with van der Waals surface area (Å²) in [5, 5.41) is 9.30. The molecule has 612 valence electrons. The number of rotatable bonds is 7. The standard InChI is InChI=1S/C23H25N2O.C22H23N2O.2C21H21N2O.C20H19N2O/c1-13(2)17-9-10-25(6)19(12-17)21-15(4)11-14(3)20-18-8-7-16(5)24-23(18)26-22(20)21;1-13(2)16-10-11-24(5)19(12-16)20-14(3)6-8-17-18-9-7-15(4)23-22(18)25-21(17)20;1-12-6-9-17(23(5)11-12)19-14(3)10-13(2)18-16-8-7-15(4)22-21(16)24-20(18)19;1-12-6-8-16-17-9-7-15(4)22-21(17)24-20(16)19(12)18-10-13(2)14(3)11-23(18)5;1-12-5-10-17(22(4)11-12)18-13(2)6-8-15-16-9-7-14(3)21-20(16)23-19(15)18/h7-13H,1-6H3;6-13H,1-5H3;2*6-11H,1-5H3;5-11H,1-4H3/q5*+1/i;1D3,13D;1D3,2D3;3D3;1D3. The van der Waals surface area contributed by atoms with Gasteiger partial charge in [-0.15, -0.1) is 0 Å². The maximum atomic E-state index is 8.47. The number of pyridine rings is 10. The fraction of sp³-hybridized carbons (Fsp3) is 0.252. The number of aromatic nitrogens is 10. The van der Waals surface area contributed by atoms with Crippen molar-refractivity contribution < 1.29 is 66.9 Å². The summed E-state index contributed by atoms with van der Waals surface area (Å²) in [6, 6.07) is 52.7. The highest BCUT2D eigenvalue weighted by molar-refractivity contribution is 6.14. The summed E-state index contributed by atoms with van der Waals surface area (Å²) >= 11 is 0. The predicted octanol–water partition coefficient (Wildman–Crippen LogP) is 24.5. The Hall–Kier alpha value is -13.4. The molecule has 0 aliphatic carbocycles. The maximum Gasteiger partial charge on any atom is 0.227 e. The molecule has 0 saturated carbocycles. The number of nitrogens with zero attached hydrogens (tertiary/aromatic N) is 10. The highest BCUT2D eigenvalue weighted by Gasteiger charge is 2.29. The van der Waals surface area contributed by atoms with Crippen LogP contribution in [0.4, 0.5) is 0 Å². The topological polar surface area (TPSA) is 150 Å². The van der Waals surface area contributed by atoms with Crippen LogP contribution in [0.2, 0.25) is 0 Å². The Kier molecular flexibility index (Phi) is 17.3. The van der Waals surface area contributed by atoms with Gasteiger partial charge in [0.05, 0.1) is 27.8 Å². The summed E-state index contributed by atoms with van der Waals surface area (Å²) < 4.78 is 165. The molecule has 1 atom stereocenters. The fourth-order valence-corrected chi connectivity index (χ4v) is 16.6. The van der Waals surface area contributed by atoms with Crippen LogP contribution in [0.3, 0.4) is 0 Å². The number of hydrogen-bond donors (Lipinski definition) is 0. The van der Waals surface area contributed by atoms with Crippen molar-refractivity contribution in [3.05, 3.63) is 296 Å². The molecule has 15 heterocycles. The summed E-state index contributed by atoms with van der Waals surface area (Å²) in [6.45, 7) is 18.3. The third-order valence-corrected chi connectivity index (χ3v) is 23.1. The molecular formula is C107H109N10O5+5. The van der Waals surface area contributed by atoms with E-state index in [-0.39, 0.29) is 11.1 Å². The van der Waals surface area contributed by atoms with Crippen LogP contribution in [-0.4, -0.2) is 24.9 Å². The average molecular weight is 1630 g/mol. The SMILES string of the molecule is Cc1ccc2c(n1)oc1c(-c3cc(C(C)C)cc[n+]3C)c(C)cc(C)c12.[2H]C([2H])([2H])C([2H])(C)c1cc[n+](C)c(-c2c(C)ccc3c2oc2nc(C)ccc23)c1.[2H]C([2H])([2H])c1c[n+](C)c(-c2c(C)ccc3c2oc2nc(C)ccc23)cc1C.[2H]C([2H])([2H])c1ccc(-c2c(C)cc(C([2H])([2H])[2H])c3c2oc2nc(C)ccc23)[n+](C)c1.[2H]C([2H])([2H])c1ccc(-c2c(C)ccc3c2oc2nc(C)ccc23)[n+](C)c1. The van der Waals surface area contributed by atoms with Gasteiger partial charge < -0.3 is 22.1 Å². The molecule has 20 rings (SSSR count). The van der Waals surface area contributed by atoms with Gasteiger partial charge in [0.25, 0.3) is 0 Å². The smallest absolute Gasteiger partial charge is 0.227 e. The van der Waals surface area contributed by atoms with Crippen LogP contribution in [0.1, 0.15) is 162 Å². The lowest BCUT2D eigenvalue weighted by molar-refractivity contribution is -0.660. The van der Waals surface area contributed by atoms with E-state index in [9.17, 15) is 0 Å². The van der Waals surface area contributed by atoms with E-state index in [1.807, 2.05) is 183 Å². The monoisotopic (exact) mass is 1630 g/mol. The molecule has 0 amide bonds. The number of furan rings is 5. The van der Waals surface area contributed by atoms with Crippen LogP contribution in [0.15, 0.2) is 217 Å². The summed E-state index contributed by atoms with van der Waals surface area (Å²) in [5.41, 5.74) is 30.1. The number of aryl methyl sites for hydroxylation is 21. The van der Waals surface area contributed by atoms with Gasteiger partial charge in [0.1, 0.15) is 35.2 Å². The molecule has 5 aromatic carbocycles. The Morgan fingerprint density at radius 3 is 1.02 bits per heavy atom. The lowest BCUT2D eigenvalue weighted by Gasteiger charge is -2.10. The molecule has 0 aliphatic rings. The second-order valence-corrected chi connectivity index (χ2v) is 32.7. The number of hydrogen-bond acceptors (Lipinski definition) is 10. The van der Waals surface area contributed by atoms with Crippen molar-refractivity contribution in [1.29, 1.82) is 0 Å². The zero-order valence-electron chi connectivity index (χ0n) is 88.6. The van der Waals surface area contributed by atoms with Crippen molar-refractivity contribution in [2.75, 3.05) is 0 Å². The second kappa shape index (κ2) is 32.6. The molecule has 0 fully saturated rings. The van der Waals surface area contributed by atoms with E-state index in [2.05, 4.69) is 119 Å². The first-order valence-electron chi connectivity index (χ1n) is 48.7. The zero-order chi connectivity index (χ0) is 99.9. The Morgan fingerprint density at radius 1 is 0.279 bits per heavy atom. The Balaban J connectivity index is 0.000000125. The fourth-order valence-electron chi connectivity index (χ4n) is 16.6. The van der Waals surface area contributed by atoms with Crippen molar-refractivity contribution >= 4 is 110 Å². The first-order chi connectivity index (χ1) is 64.7. The van der Waals surface area contributed by atoms with Crippen LogP contribution in [0, 0.1) is 110 Å². The minimum Gasteiger partial charge on any atom is -0.437 e. The van der Waals surface area contributed by atoms with Crippen LogP contribution in [0.5, 0.6) is 0 Å². The number of fused-ring (bicyclic) bond motifs is 15. The first kappa shape index (κ1) is 64.5. The van der Waals surface area contributed by atoms with E-state index in [4.69, 9.17) is 44.0 Å². The molecule has 0 aliphatic heterocycles. The van der Waals surface area contributed by atoms with Crippen molar-refractivity contribution in [3.8, 4) is 56.3 Å². The molecule has 20 aromatic rings. The van der Waals surface area contributed by atoms with E-state index < -0.39 is 40.2 Å². The van der Waals surface area contributed by atoms with Crippen molar-refractivity contribution in [1.82, 2.24) is 24.9 Å². The maximum absolute atomic E-state index is 8.47. The van der Waals surface area contributed by atoms with E-state index in [0.29, 0.717) is 73.0 Å². The Morgan fingerprint density at radius 2 is 0.615 bits per heavy atom. The zero-order valence-corrected chi connectivity index (χ0v) is 72.6. The van der Waals surface area contributed by atoms with Crippen LogP contribution in [0.25, 0.3) is 167 Å². The normalized spacial score (nSPS) is 14.6. The summed E-state index contributed by atoms with van der Waals surface area (Å²) in [5.74, 6) is -1.24. The molecule has 15 heteroatoms. The third-order valence-electron chi connectivity index (χ3n) is 23.1.